The standard InChI is InChI=1S/C13H13ClN2O2/c1-8-5-6-15-12(7-8)16-13(17)11-4-3-10(18-11)9(2)14/h3-7,9H,1-2H3,(H,15,16,17). The Labute approximate surface area is 110 Å². The van der Waals surface area contributed by atoms with Crippen molar-refractivity contribution in [2.24, 2.45) is 0 Å². The average molecular weight is 265 g/mol. The monoisotopic (exact) mass is 264 g/mol. The van der Waals surface area contributed by atoms with E-state index < -0.39 is 0 Å². The van der Waals surface area contributed by atoms with Crippen molar-refractivity contribution in [3.8, 4) is 0 Å². The summed E-state index contributed by atoms with van der Waals surface area (Å²) in [4.78, 5) is 15.9. The van der Waals surface area contributed by atoms with Crippen molar-refractivity contribution in [3.63, 3.8) is 0 Å². The molecule has 0 bridgehead atoms. The van der Waals surface area contributed by atoms with E-state index >= 15 is 0 Å². The zero-order chi connectivity index (χ0) is 13.1. The molecule has 1 unspecified atom stereocenters. The molecular formula is C13H13ClN2O2. The largest absolute Gasteiger partial charge is 0.454 e. The van der Waals surface area contributed by atoms with Crippen LogP contribution in [-0.4, -0.2) is 10.9 Å². The van der Waals surface area contributed by atoms with Crippen molar-refractivity contribution in [1.29, 1.82) is 0 Å². The maximum absolute atomic E-state index is 11.9. The van der Waals surface area contributed by atoms with Gasteiger partial charge in [0.1, 0.15) is 11.6 Å². The van der Waals surface area contributed by atoms with Crippen molar-refractivity contribution >= 4 is 23.3 Å². The summed E-state index contributed by atoms with van der Waals surface area (Å²) in [5, 5.41) is 2.40. The predicted octanol–water partition coefficient (Wildman–Crippen LogP) is 3.54. The van der Waals surface area contributed by atoms with Crippen LogP contribution in [0.2, 0.25) is 0 Å². The second-order valence-electron chi connectivity index (χ2n) is 3.99. The van der Waals surface area contributed by atoms with Crippen LogP contribution in [0.15, 0.2) is 34.9 Å². The molecule has 1 N–H and O–H groups in total. The zero-order valence-corrected chi connectivity index (χ0v) is 10.9. The molecule has 1 atom stereocenters. The molecular weight excluding hydrogens is 252 g/mol. The molecule has 94 valence electrons. The molecule has 2 aromatic rings. The molecule has 0 fully saturated rings. The van der Waals surface area contributed by atoms with Gasteiger partial charge in [0.2, 0.25) is 0 Å². The fraction of sp³-hybridized carbons (Fsp3) is 0.231. The number of carbonyl (C=O) groups is 1. The van der Waals surface area contributed by atoms with Gasteiger partial charge in [-0.3, -0.25) is 4.79 Å². The van der Waals surface area contributed by atoms with Gasteiger partial charge in [0.25, 0.3) is 5.91 Å². The number of anilines is 1. The average Bonchev–Trinajstić information content (AvgIpc) is 2.78. The fourth-order valence-corrected chi connectivity index (χ4v) is 1.59. The van der Waals surface area contributed by atoms with Crippen molar-refractivity contribution in [3.05, 3.63) is 47.5 Å². The molecule has 18 heavy (non-hydrogen) atoms. The second kappa shape index (κ2) is 5.23. The molecule has 0 saturated carbocycles. The van der Waals surface area contributed by atoms with Crippen molar-refractivity contribution in [2.45, 2.75) is 19.2 Å². The number of aryl methyl sites for hydroxylation is 1. The van der Waals surface area contributed by atoms with E-state index in [1.54, 1.807) is 31.3 Å². The van der Waals surface area contributed by atoms with E-state index in [0.717, 1.165) is 5.56 Å². The highest BCUT2D eigenvalue weighted by Gasteiger charge is 2.14. The van der Waals surface area contributed by atoms with Gasteiger partial charge < -0.3 is 9.73 Å². The molecule has 2 heterocycles. The van der Waals surface area contributed by atoms with Crippen LogP contribution in [0.3, 0.4) is 0 Å². The van der Waals surface area contributed by atoms with E-state index in [2.05, 4.69) is 10.3 Å². The van der Waals surface area contributed by atoms with Gasteiger partial charge in [-0.1, -0.05) is 0 Å². The first kappa shape index (κ1) is 12.6. The predicted molar refractivity (Wildman–Crippen MR) is 69.9 cm³/mol. The van der Waals surface area contributed by atoms with Crippen LogP contribution in [0.4, 0.5) is 5.82 Å². The molecule has 0 aliphatic rings. The minimum Gasteiger partial charge on any atom is -0.454 e. The minimum absolute atomic E-state index is 0.223. The third-order valence-electron chi connectivity index (χ3n) is 2.40. The number of aromatic nitrogens is 1. The third-order valence-corrected chi connectivity index (χ3v) is 2.61. The molecule has 0 saturated heterocycles. The van der Waals surface area contributed by atoms with E-state index in [1.807, 2.05) is 13.0 Å². The molecule has 1 amide bonds. The van der Waals surface area contributed by atoms with Crippen LogP contribution >= 0.6 is 11.6 Å². The van der Waals surface area contributed by atoms with Gasteiger partial charge in [-0.2, -0.15) is 0 Å². The Morgan fingerprint density at radius 2 is 2.22 bits per heavy atom. The van der Waals surface area contributed by atoms with Crippen molar-refractivity contribution in [2.75, 3.05) is 5.32 Å². The molecule has 5 heteroatoms. The van der Waals surface area contributed by atoms with Gasteiger partial charge in [0, 0.05) is 6.20 Å². The van der Waals surface area contributed by atoms with Gasteiger partial charge in [-0.05, 0) is 43.7 Å². The lowest BCUT2D eigenvalue weighted by Crippen LogP contribution is -2.12. The quantitative estimate of drug-likeness (QED) is 0.863. The molecule has 2 rings (SSSR count). The highest BCUT2D eigenvalue weighted by molar-refractivity contribution is 6.20. The summed E-state index contributed by atoms with van der Waals surface area (Å²) < 4.78 is 5.34. The number of carbonyl (C=O) groups excluding carboxylic acids is 1. The maximum atomic E-state index is 11.9. The normalized spacial score (nSPS) is 12.2. The highest BCUT2D eigenvalue weighted by Crippen LogP contribution is 2.22. The summed E-state index contributed by atoms with van der Waals surface area (Å²) in [6.07, 6.45) is 1.64. The lowest BCUT2D eigenvalue weighted by molar-refractivity contribution is 0.0994. The lowest BCUT2D eigenvalue weighted by atomic mass is 10.3. The van der Waals surface area contributed by atoms with Gasteiger partial charge >= 0.3 is 0 Å². The van der Waals surface area contributed by atoms with Crippen LogP contribution in [0.25, 0.3) is 0 Å². The Bertz CT molecular complexity index is 564. The van der Waals surface area contributed by atoms with Gasteiger partial charge in [-0.25, -0.2) is 4.98 Å². The van der Waals surface area contributed by atoms with Gasteiger partial charge in [0.15, 0.2) is 5.76 Å². The van der Waals surface area contributed by atoms with Crippen LogP contribution in [0.1, 0.15) is 34.2 Å². The number of rotatable bonds is 3. The maximum Gasteiger partial charge on any atom is 0.292 e. The first-order valence-corrected chi connectivity index (χ1v) is 5.97. The number of pyridine rings is 1. The Kier molecular flexibility index (Phi) is 3.67. The molecule has 4 nitrogen and oxygen atoms in total. The molecule has 0 radical (unpaired) electrons. The number of furan rings is 1. The number of nitrogens with zero attached hydrogens (tertiary/aromatic N) is 1. The van der Waals surface area contributed by atoms with Crippen LogP contribution in [-0.2, 0) is 0 Å². The smallest absolute Gasteiger partial charge is 0.292 e. The summed E-state index contributed by atoms with van der Waals surface area (Å²) in [5.74, 6) is 0.952. The van der Waals surface area contributed by atoms with Crippen molar-refractivity contribution < 1.29 is 9.21 Å². The van der Waals surface area contributed by atoms with Crippen LogP contribution in [0, 0.1) is 6.92 Å². The minimum atomic E-state index is -0.336. The molecule has 0 aromatic carbocycles. The van der Waals surface area contributed by atoms with Gasteiger partial charge in [0.05, 0.1) is 5.38 Å². The number of halogens is 1. The molecule has 0 aliphatic carbocycles. The van der Waals surface area contributed by atoms with Crippen LogP contribution < -0.4 is 5.32 Å². The summed E-state index contributed by atoms with van der Waals surface area (Å²) in [7, 11) is 0. The second-order valence-corrected chi connectivity index (χ2v) is 4.65. The summed E-state index contributed by atoms with van der Waals surface area (Å²) >= 11 is 5.86. The van der Waals surface area contributed by atoms with E-state index in [0.29, 0.717) is 11.6 Å². The van der Waals surface area contributed by atoms with Gasteiger partial charge in [-0.15, -0.1) is 11.6 Å². The lowest BCUT2D eigenvalue weighted by Gasteiger charge is -2.03. The Hall–Kier alpha value is -1.81. The summed E-state index contributed by atoms with van der Waals surface area (Å²) in [6.45, 7) is 3.71. The van der Waals surface area contributed by atoms with Crippen molar-refractivity contribution in [1.82, 2.24) is 4.98 Å². The summed E-state index contributed by atoms with van der Waals surface area (Å²) in [5.41, 5.74) is 1.02. The molecule has 0 aliphatic heterocycles. The first-order chi connectivity index (χ1) is 8.56. The topological polar surface area (TPSA) is 55.1 Å². The van der Waals surface area contributed by atoms with E-state index in [-0.39, 0.29) is 17.0 Å². The third kappa shape index (κ3) is 2.90. The molecule has 2 aromatic heterocycles. The van der Waals surface area contributed by atoms with E-state index in [4.69, 9.17) is 16.0 Å². The number of amides is 1. The number of hydrogen-bond donors (Lipinski definition) is 1. The van der Waals surface area contributed by atoms with E-state index in [9.17, 15) is 4.79 Å². The Balaban J connectivity index is 2.12. The molecule has 0 spiro atoms. The number of nitrogens with one attached hydrogen (secondary N) is 1. The van der Waals surface area contributed by atoms with Crippen LogP contribution in [0.5, 0.6) is 0 Å². The Morgan fingerprint density at radius 3 is 2.83 bits per heavy atom. The fourth-order valence-electron chi connectivity index (χ4n) is 1.47. The SMILES string of the molecule is Cc1ccnc(NC(=O)c2ccc(C(C)Cl)o2)c1. The number of hydrogen-bond acceptors (Lipinski definition) is 3. The number of alkyl halides is 1. The zero-order valence-electron chi connectivity index (χ0n) is 10.1. The van der Waals surface area contributed by atoms with E-state index in [1.165, 1.54) is 0 Å². The first-order valence-electron chi connectivity index (χ1n) is 5.54. The summed E-state index contributed by atoms with van der Waals surface area (Å²) in [6, 6.07) is 6.93. The highest BCUT2D eigenvalue weighted by atomic mass is 35.5. The Morgan fingerprint density at radius 1 is 1.44 bits per heavy atom.